The van der Waals surface area contributed by atoms with Crippen molar-refractivity contribution in [3.8, 4) is 28.1 Å². The number of aliphatic hydroxyl groups excluding tert-OH is 1. The summed E-state index contributed by atoms with van der Waals surface area (Å²) in [5, 5.41) is 10.7. The minimum atomic E-state index is -3.89. The first-order chi connectivity index (χ1) is 21.6. The van der Waals surface area contributed by atoms with Crippen molar-refractivity contribution in [3.63, 3.8) is 0 Å². The zero-order valence-electron chi connectivity index (χ0n) is 24.8. The molecule has 4 aromatic carbocycles. The lowest BCUT2D eigenvalue weighted by atomic mass is 9.92. The predicted octanol–water partition coefficient (Wildman–Crippen LogP) is 9.02. The summed E-state index contributed by atoms with van der Waals surface area (Å²) in [5.41, 5.74) is 7.38. The van der Waals surface area contributed by atoms with Crippen LogP contribution < -0.4 is 9.03 Å². The third-order valence-corrected chi connectivity index (χ3v) is 9.97. The number of anilines is 1. The maximum atomic E-state index is 12.3. The number of imidazole rings is 1. The van der Waals surface area contributed by atoms with Crippen LogP contribution >= 0.6 is 23.2 Å². The molecule has 6 rings (SSSR count). The van der Waals surface area contributed by atoms with Crippen LogP contribution in [-0.4, -0.2) is 23.1 Å². The second-order valence-electron chi connectivity index (χ2n) is 11.0. The Bertz CT molecular complexity index is 1970. The Morgan fingerprint density at radius 2 is 1.47 bits per heavy atom. The van der Waals surface area contributed by atoms with Gasteiger partial charge < -0.3 is 9.67 Å². The monoisotopic (exact) mass is 658 g/mol. The van der Waals surface area contributed by atoms with E-state index in [0.717, 1.165) is 51.5 Å². The number of aromatic nitrogens is 2. The van der Waals surface area contributed by atoms with Crippen LogP contribution in [0.5, 0.6) is 0 Å². The zero-order valence-corrected chi connectivity index (χ0v) is 27.1. The predicted molar refractivity (Wildman–Crippen MR) is 182 cm³/mol. The molecule has 7 nitrogen and oxygen atoms in total. The van der Waals surface area contributed by atoms with Gasteiger partial charge in [-0.2, -0.15) is 8.42 Å². The maximum Gasteiger partial charge on any atom is 0.330 e. The molecule has 0 saturated carbocycles. The molecule has 45 heavy (non-hydrogen) atoms. The van der Waals surface area contributed by atoms with E-state index >= 15 is 0 Å². The van der Waals surface area contributed by atoms with E-state index in [9.17, 15) is 13.5 Å². The fourth-order valence-electron chi connectivity index (χ4n) is 5.66. The first-order valence-electron chi connectivity index (χ1n) is 14.7. The molecule has 2 heterocycles. The van der Waals surface area contributed by atoms with Gasteiger partial charge in [0.1, 0.15) is 5.82 Å². The highest BCUT2D eigenvalue weighted by Gasteiger charge is 2.28. The molecule has 0 radical (unpaired) electrons. The number of benzene rings is 4. The lowest BCUT2D eigenvalue weighted by molar-refractivity contribution is 0.392. The lowest BCUT2D eigenvalue weighted by Crippen LogP contribution is -2.29. The highest BCUT2D eigenvalue weighted by molar-refractivity contribution is 7.91. The van der Waals surface area contributed by atoms with Crippen molar-refractivity contribution in [2.75, 3.05) is 4.31 Å². The maximum absolute atomic E-state index is 12.3. The molecule has 0 amide bonds. The normalized spacial score (nSPS) is 14.1. The third kappa shape index (κ3) is 6.45. The minimum absolute atomic E-state index is 0.376. The summed E-state index contributed by atoms with van der Waals surface area (Å²) in [6.45, 7) is 4.47. The average molecular weight is 660 g/mol. The molecule has 5 aromatic rings. The molecule has 0 unspecified atom stereocenters. The number of nitrogens with zero attached hydrogens (tertiary/aromatic N) is 3. The largest absolute Gasteiger partial charge is 0.493 e. The smallest absolute Gasteiger partial charge is 0.330 e. The second kappa shape index (κ2) is 12.6. The average Bonchev–Trinajstić information content (AvgIpc) is 3.57. The summed E-state index contributed by atoms with van der Waals surface area (Å²) < 4.78 is 29.7. The van der Waals surface area contributed by atoms with Crippen molar-refractivity contribution in [1.29, 1.82) is 0 Å². The van der Waals surface area contributed by atoms with Crippen LogP contribution in [-0.2, 0) is 16.6 Å². The Balaban J connectivity index is 1.31. The minimum Gasteiger partial charge on any atom is -0.493 e. The van der Waals surface area contributed by atoms with Gasteiger partial charge in [-0.15, -0.1) is 0 Å². The Labute approximate surface area is 273 Å². The van der Waals surface area contributed by atoms with E-state index < -0.39 is 16.1 Å². The van der Waals surface area contributed by atoms with Crippen molar-refractivity contribution in [1.82, 2.24) is 14.3 Å². The Kier molecular flexibility index (Phi) is 8.64. The summed E-state index contributed by atoms with van der Waals surface area (Å²) in [6, 6.07) is 29.6. The first-order valence-corrected chi connectivity index (χ1v) is 16.9. The van der Waals surface area contributed by atoms with Gasteiger partial charge >= 0.3 is 10.2 Å². The molecule has 0 atom stereocenters. The highest BCUT2D eigenvalue weighted by atomic mass is 35.5. The topological polar surface area (TPSA) is 87.5 Å². The number of halogens is 2. The summed E-state index contributed by atoms with van der Waals surface area (Å²) in [7, 11) is -3.89. The van der Waals surface area contributed by atoms with Crippen LogP contribution in [0.1, 0.15) is 49.6 Å². The van der Waals surface area contributed by atoms with Gasteiger partial charge in [-0.1, -0.05) is 85.6 Å². The fraction of sp³-hybridized carbons (Fsp3) is 0.171. The summed E-state index contributed by atoms with van der Waals surface area (Å²) in [4.78, 5) is 4.97. The third-order valence-electron chi connectivity index (χ3n) is 8.12. The Morgan fingerprint density at radius 1 is 0.844 bits per heavy atom. The fourth-order valence-corrected chi connectivity index (χ4v) is 7.22. The number of nitrogens with one attached hydrogen (secondary N) is 1. The van der Waals surface area contributed by atoms with Crippen LogP contribution in [0.4, 0.5) is 5.69 Å². The van der Waals surface area contributed by atoms with Gasteiger partial charge in [0.15, 0.2) is 0 Å². The van der Waals surface area contributed by atoms with Crippen LogP contribution in [0.3, 0.4) is 0 Å². The van der Waals surface area contributed by atoms with E-state index in [2.05, 4.69) is 67.1 Å². The van der Waals surface area contributed by atoms with Gasteiger partial charge in [0.05, 0.1) is 22.6 Å². The summed E-state index contributed by atoms with van der Waals surface area (Å²) >= 11 is 12.7. The molecule has 2 N–H and O–H groups in total. The van der Waals surface area contributed by atoms with Gasteiger partial charge in [-0.3, -0.25) is 0 Å². The summed E-state index contributed by atoms with van der Waals surface area (Å²) in [5.74, 6) is 0.925. The number of rotatable bonds is 9. The highest BCUT2D eigenvalue weighted by Crippen LogP contribution is 2.33. The van der Waals surface area contributed by atoms with Crippen molar-refractivity contribution < 1.29 is 13.5 Å². The Morgan fingerprint density at radius 3 is 2.04 bits per heavy atom. The standard InChI is InChI=1S/C35H32Cl2N4O3S/c1-3-24(4-2)25-9-11-27(12-10-25)26-7-5-23(6-8-26)19-34-38-33(31-18-13-28(36)20-32(31)37)21-40(34)29-14-16-30(17-15-29)41-22-35(42)39-45(41,43)44/h5-18,20-22,24,39,42H,3-4,19H2,1-2H3. The van der Waals surface area contributed by atoms with Crippen LogP contribution in [0.2, 0.25) is 10.0 Å². The molecule has 0 spiro atoms. The number of hydrogen-bond acceptors (Lipinski definition) is 4. The first kappa shape index (κ1) is 30.8. The van der Waals surface area contributed by atoms with Crippen molar-refractivity contribution in [3.05, 3.63) is 136 Å². The molecule has 0 fully saturated rings. The number of hydrogen-bond donors (Lipinski definition) is 2. The molecular formula is C35H32Cl2N4O3S. The second-order valence-corrected chi connectivity index (χ2v) is 13.4. The van der Waals surface area contributed by atoms with Gasteiger partial charge in [-0.05, 0) is 83.5 Å². The molecule has 1 aromatic heterocycles. The van der Waals surface area contributed by atoms with E-state index in [-0.39, 0.29) is 0 Å². The molecule has 10 heteroatoms. The SMILES string of the molecule is CCC(CC)c1ccc(-c2ccc(Cc3nc(-c4ccc(Cl)cc4Cl)cn3-c3ccc(N4C=C(O)NS4(=O)=O)cc3)cc2)cc1. The van der Waals surface area contributed by atoms with Crippen LogP contribution in [0.25, 0.3) is 28.1 Å². The molecule has 0 saturated heterocycles. The molecular weight excluding hydrogens is 627 g/mol. The van der Waals surface area contributed by atoms with Crippen LogP contribution in [0.15, 0.2) is 109 Å². The van der Waals surface area contributed by atoms with E-state index in [4.69, 9.17) is 28.2 Å². The molecule has 1 aliphatic heterocycles. The van der Waals surface area contributed by atoms with Gasteiger partial charge in [0.25, 0.3) is 0 Å². The quantitative estimate of drug-likeness (QED) is 0.165. The molecule has 1 aliphatic rings. The lowest BCUT2D eigenvalue weighted by Gasteiger charge is -2.15. The van der Waals surface area contributed by atoms with Crippen LogP contribution in [0, 0.1) is 0 Å². The van der Waals surface area contributed by atoms with Crippen molar-refractivity contribution in [2.45, 2.75) is 39.0 Å². The van der Waals surface area contributed by atoms with E-state index in [1.54, 1.807) is 36.4 Å². The van der Waals surface area contributed by atoms with Gasteiger partial charge in [-0.25, -0.2) is 14.0 Å². The number of aliphatic hydroxyl groups is 1. The molecule has 0 aliphatic carbocycles. The summed E-state index contributed by atoms with van der Waals surface area (Å²) in [6.07, 6.45) is 5.85. The van der Waals surface area contributed by atoms with Crippen molar-refractivity contribution >= 4 is 39.1 Å². The van der Waals surface area contributed by atoms with Gasteiger partial charge in [0, 0.05) is 28.9 Å². The van der Waals surface area contributed by atoms with Crippen molar-refractivity contribution in [2.24, 2.45) is 0 Å². The Hall–Kier alpha value is -4.24. The molecule has 230 valence electrons. The zero-order chi connectivity index (χ0) is 31.7. The van der Waals surface area contributed by atoms with E-state index in [1.807, 2.05) is 16.8 Å². The van der Waals surface area contributed by atoms with E-state index in [0.29, 0.717) is 33.8 Å². The van der Waals surface area contributed by atoms with Gasteiger partial charge in [0.2, 0.25) is 5.88 Å². The molecule has 0 bridgehead atoms. The van der Waals surface area contributed by atoms with E-state index in [1.165, 1.54) is 11.1 Å².